The molecule has 0 unspecified atom stereocenters. The predicted molar refractivity (Wildman–Crippen MR) is 84.6 cm³/mol. The van der Waals surface area contributed by atoms with Crippen molar-refractivity contribution in [3.8, 4) is 0 Å². The zero-order valence-electron chi connectivity index (χ0n) is 13.0. The molecular formula is C13H28O4Si2. The second-order valence-corrected chi connectivity index (χ2v) is 12.2. The monoisotopic (exact) mass is 304 g/mol. The van der Waals surface area contributed by atoms with Gasteiger partial charge in [0.1, 0.15) is 0 Å². The Morgan fingerprint density at radius 3 is 2.21 bits per heavy atom. The maximum Gasteiger partial charge on any atom is 0.333 e. The number of hydrogen-bond donors (Lipinski definition) is 0. The molecule has 0 N–H and O–H groups in total. The van der Waals surface area contributed by atoms with E-state index in [1.54, 1.807) is 6.92 Å². The number of carbonyl (C=O) groups is 1. The zero-order valence-corrected chi connectivity index (χ0v) is 17.0. The number of rotatable bonds is 10. The van der Waals surface area contributed by atoms with Crippen LogP contribution in [0.2, 0.25) is 4.66 Å². The van der Waals surface area contributed by atoms with Gasteiger partial charge in [-0.25, -0.2) is 4.79 Å². The van der Waals surface area contributed by atoms with E-state index in [0.29, 0.717) is 25.4 Å². The Kier molecular flexibility index (Phi) is 9.25. The van der Waals surface area contributed by atoms with E-state index in [1.807, 2.05) is 13.8 Å². The van der Waals surface area contributed by atoms with Crippen LogP contribution in [0.5, 0.6) is 0 Å². The summed E-state index contributed by atoms with van der Waals surface area (Å²) in [4.78, 5) is 11.3. The molecule has 0 aromatic heterocycles. The fourth-order valence-corrected chi connectivity index (χ4v) is 2.71. The lowest BCUT2D eigenvalue weighted by Crippen LogP contribution is -2.27. The molecule has 0 amide bonds. The van der Waals surface area contributed by atoms with Gasteiger partial charge in [0.25, 0.3) is 0 Å². The first-order chi connectivity index (χ1) is 8.82. The molecular weight excluding hydrogens is 276 g/mol. The molecule has 0 aromatic rings. The molecule has 0 heterocycles. The van der Waals surface area contributed by atoms with Gasteiger partial charge in [0.2, 0.25) is 0 Å². The Bertz CT molecular complexity index is 286. The number of hydrogen-bond acceptors (Lipinski definition) is 4. The molecule has 19 heavy (non-hydrogen) atoms. The van der Waals surface area contributed by atoms with Crippen molar-refractivity contribution in [2.45, 2.75) is 44.6 Å². The van der Waals surface area contributed by atoms with Crippen LogP contribution in [0.1, 0.15) is 33.6 Å². The third-order valence-electron chi connectivity index (χ3n) is 2.78. The molecule has 0 aliphatic rings. The highest BCUT2D eigenvalue weighted by molar-refractivity contribution is 6.39. The van der Waals surface area contributed by atoms with Crippen molar-refractivity contribution in [3.63, 3.8) is 0 Å². The van der Waals surface area contributed by atoms with Crippen LogP contribution in [-0.2, 0) is 19.0 Å². The lowest BCUT2D eigenvalue weighted by Gasteiger charge is -2.29. The number of carbonyl (C=O) groups excluding carboxylic acids is 1. The molecule has 0 aliphatic carbocycles. The van der Waals surface area contributed by atoms with E-state index < -0.39 is 0 Å². The molecule has 6 heteroatoms. The van der Waals surface area contributed by atoms with Gasteiger partial charge in [-0.2, -0.15) is 0 Å². The normalized spacial score (nSPS) is 14.5. The highest BCUT2D eigenvalue weighted by Crippen LogP contribution is 2.29. The largest absolute Gasteiger partial charge is 0.462 e. The van der Waals surface area contributed by atoms with E-state index in [0.717, 1.165) is 33.3 Å². The highest BCUT2D eigenvalue weighted by Gasteiger charge is 2.24. The van der Waals surface area contributed by atoms with Crippen LogP contribution < -0.4 is 0 Å². The molecule has 0 fully saturated rings. The summed E-state index contributed by atoms with van der Waals surface area (Å²) in [5.41, 5.74) is 0.453. The lowest BCUT2D eigenvalue weighted by atomic mass is 10.2. The van der Waals surface area contributed by atoms with Crippen molar-refractivity contribution in [2.24, 2.45) is 0 Å². The summed E-state index contributed by atoms with van der Waals surface area (Å²) in [6.45, 7) is 11.0. The van der Waals surface area contributed by atoms with Gasteiger partial charge in [-0.1, -0.05) is 6.58 Å². The van der Waals surface area contributed by atoms with Gasteiger partial charge in [0.05, 0.1) is 6.61 Å². The van der Waals surface area contributed by atoms with E-state index >= 15 is 0 Å². The van der Waals surface area contributed by atoms with Gasteiger partial charge in [0, 0.05) is 39.3 Å². The molecule has 0 aromatic carbocycles. The molecule has 0 radical (unpaired) electrons. The predicted octanol–water partition coefficient (Wildman–Crippen LogP) is 0.132. The van der Waals surface area contributed by atoms with Gasteiger partial charge in [0.15, 0.2) is 6.29 Å². The Hall–Kier alpha value is -0.436. The fourth-order valence-electron chi connectivity index (χ4n) is 1.63. The Morgan fingerprint density at radius 1 is 1.26 bits per heavy atom. The van der Waals surface area contributed by atoms with Gasteiger partial charge in [-0.15, -0.1) is 0 Å². The van der Waals surface area contributed by atoms with Crippen molar-refractivity contribution >= 4 is 26.5 Å². The number of ether oxygens (including phenoxy) is 3. The smallest absolute Gasteiger partial charge is 0.333 e. The molecule has 4 nitrogen and oxygen atoms in total. The Morgan fingerprint density at radius 2 is 1.79 bits per heavy atom. The van der Waals surface area contributed by atoms with Crippen molar-refractivity contribution in [1.29, 1.82) is 0 Å². The Balaban J connectivity index is 4.14. The van der Waals surface area contributed by atoms with Crippen LogP contribution in [0.4, 0.5) is 0 Å². The second kappa shape index (κ2) is 9.46. The van der Waals surface area contributed by atoms with Gasteiger partial charge < -0.3 is 14.2 Å². The van der Waals surface area contributed by atoms with E-state index in [2.05, 4.69) is 6.58 Å². The van der Waals surface area contributed by atoms with Crippen LogP contribution in [-0.4, -0.2) is 52.6 Å². The summed E-state index contributed by atoms with van der Waals surface area (Å²) in [7, 11) is 2.11. The Labute approximate surface area is 122 Å². The minimum Gasteiger partial charge on any atom is -0.462 e. The third kappa shape index (κ3) is 9.15. The second-order valence-electron chi connectivity index (χ2n) is 5.37. The van der Waals surface area contributed by atoms with Gasteiger partial charge in [-0.05, 0) is 38.3 Å². The molecule has 0 bridgehead atoms. The summed E-state index contributed by atoms with van der Waals surface area (Å²) >= 11 is 0. The maximum absolute atomic E-state index is 11.3. The molecule has 0 rings (SSSR count). The number of esters is 1. The van der Waals surface area contributed by atoms with Crippen LogP contribution in [0, 0.1) is 0 Å². The van der Waals surface area contributed by atoms with Gasteiger partial charge in [-0.3, -0.25) is 0 Å². The minimum absolute atomic E-state index is 0.123. The van der Waals surface area contributed by atoms with Crippen molar-refractivity contribution in [2.75, 3.05) is 19.8 Å². The first kappa shape index (κ1) is 18.6. The topological polar surface area (TPSA) is 44.8 Å². The van der Waals surface area contributed by atoms with Crippen LogP contribution in [0.3, 0.4) is 0 Å². The summed E-state index contributed by atoms with van der Waals surface area (Å²) in [6, 6.07) is 0. The highest BCUT2D eigenvalue weighted by atomic mass is 28.2. The van der Waals surface area contributed by atoms with E-state index in [9.17, 15) is 4.79 Å². The van der Waals surface area contributed by atoms with Crippen LogP contribution in [0.25, 0.3) is 0 Å². The SMILES string of the molecule is C=C(C)C(=O)OCCC([SiH3])([SiH3])CC(OCC)OCC. The van der Waals surface area contributed by atoms with Crippen LogP contribution in [0.15, 0.2) is 12.2 Å². The van der Waals surface area contributed by atoms with Crippen LogP contribution >= 0.6 is 0 Å². The quantitative estimate of drug-likeness (QED) is 0.249. The summed E-state index contributed by atoms with van der Waals surface area (Å²) in [5.74, 6) is -0.301. The maximum atomic E-state index is 11.3. The molecule has 0 atom stereocenters. The average molecular weight is 305 g/mol. The first-order valence-corrected chi connectivity index (χ1v) is 8.88. The molecule has 112 valence electrons. The van der Waals surface area contributed by atoms with Crippen molar-refractivity contribution < 1.29 is 19.0 Å². The van der Waals surface area contributed by atoms with Crippen molar-refractivity contribution in [1.82, 2.24) is 0 Å². The first-order valence-electron chi connectivity index (χ1n) is 6.88. The third-order valence-corrected chi connectivity index (χ3v) is 4.60. The van der Waals surface area contributed by atoms with Gasteiger partial charge >= 0.3 is 5.97 Å². The van der Waals surface area contributed by atoms with E-state index in [4.69, 9.17) is 14.2 Å². The summed E-state index contributed by atoms with van der Waals surface area (Å²) in [5, 5.41) is 0. The van der Waals surface area contributed by atoms with Crippen molar-refractivity contribution in [3.05, 3.63) is 12.2 Å². The molecule has 0 saturated carbocycles. The lowest BCUT2D eigenvalue weighted by molar-refractivity contribution is -0.143. The van der Waals surface area contributed by atoms with E-state index in [1.165, 1.54) is 0 Å². The summed E-state index contributed by atoms with van der Waals surface area (Å²) in [6.07, 6.45) is 1.67. The summed E-state index contributed by atoms with van der Waals surface area (Å²) < 4.78 is 16.6. The molecule has 0 saturated heterocycles. The molecule has 0 aliphatic heterocycles. The standard InChI is InChI=1S/C13H28O4Si2/c1-5-15-11(16-6-2)9-13(18,19)7-8-17-12(14)10(3)4/h11H,3,5-9H2,1-2,4,18-19H3. The molecule has 0 spiro atoms. The average Bonchev–Trinajstić information content (AvgIpc) is 2.28. The fraction of sp³-hybridized carbons (Fsp3) is 0.769. The van der Waals surface area contributed by atoms with E-state index in [-0.39, 0.29) is 16.9 Å². The zero-order chi connectivity index (χ0) is 14.9. The minimum atomic E-state index is -0.301.